The Balaban J connectivity index is 1.69. The van der Waals surface area contributed by atoms with Gasteiger partial charge in [-0.3, -0.25) is 4.79 Å². The number of methoxy groups -OCH3 is 1. The third-order valence-corrected chi connectivity index (χ3v) is 4.86. The van der Waals surface area contributed by atoms with E-state index in [4.69, 9.17) is 9.47 Å². The Labute approximate surface area is 153 Å². The molecule has 134 valence electrons. The second-order valence-electron chi connectivity index (χ2n) is 5.57. The molecule has 1 atom stereocenters. The van der Waals surface area contributed by atoms with Crippen LogP contribution in [0, 0.1) is 0 Å². The summed E-state index contributed by atoms with van der Waals surface area (Å²) in [7, 11) is 1.64. The van der Waals surface area contributed by atoms with Gasteiger partial charge in [0, 0.05) is 4.90 Å². The lowest BCUT2D eigenvalue weighted by molar-refractivity contribution is -0.120. The Bertz CT molecular complexity index is 656. The zero-order valence-corrected chi connectivity index (χ0v) is 15.8. The first kappa shape index (κ1) is 19.2. The van der Waals surface area contributed by atoms with Crippen molar-refractivity contribution in [2.45, 2.75) is 30.4 Å². The minimum atomic E-state index is -0.169. The number of thioether (sulfide) groups is 1. The Kier molecular flexibility index (Phi) is 7.67. The highest BCUT2D eigenvalue weighted by Gasteiger charge is 2.13. The molecule has 0 aliphatic carbocycles. The van der Waals surface area contributed by atoms with Crippen molar-refractivity contribution in [1.82, 2.24) is 5.32 Å². The lowest BCUT2D eigenvalue weighted by Gasteiger charge is -2.13. The third kappa shape index (κ3) is 6.35. The molecule has 0 saturated carbocycles. The van der Waals surface area contributed by atoms with E-state index in [0.29, 0.717) is 13.2 Å². The highest BCUT2D eigenvalue weighted by Crippen LogP contribution is 2.25. The van der Waals surface area contributed by atoms with Crippen LogP contribution in [0.3, 0.4) is 0 Å². The summed E-state index contributed by atoms with van der Waals surface area (Å²) in [6, 6.07) is 15.7. The van der Waals surface area contributed by atoms with Gasteiger partial charge in [0.1, 0.15) is 18.1 Å². The zero-order chi connectivity index (χ0) is 18.1. The number of ether oxygens (including phenoxy) is 2. The van der Waals surface area contributed by atoms with Crippen LogP contribution in [0.2, 0.25) is 0 Å². The Hall–Kier alpha value is -2.14. The summed E-state index contributed by atoms with van der Waals surface area (Å²) in [5.74, 6) is 1.64. The van der Waals surface area contributed by atoms with Crippen molar-refractivity contribution in [3.05, 3.63) is 54.1 Å². The first-order valence-electron chi connectivity index (χ1n) is 8.42. The number of amides is 1. The highest BCUT2D eigenvalue weighted by atomic mass is 32.2. The summed E-state index contributed by atoms with van der Waals surface area (Å²) in [6.07, 6.45) is 1.01. The second-order valence-corrected chi connectivity index (χ2v) is 6.99. The van der Waals surface area contributed by atoms with Crippen molar-refractivity contribution >= 4 is 17.7 Å². The van der Waals surface area contributed by atoms with Gasteiger partial charge in [0.2, 0.25) is 5.91 Å². The molecule has 0 heterocycles. The van der Waals surface area contributed by atoms with Crippen molar-refractivity contribution in [2.24, 2.45) is 0 Å². The molecule has 0 spiro atoms. The molecule has 0 radical (unpaired) electrons. The van der Waals surface area contributed by atoms with Gasteiger partial charge in [-0.1, -0.05) is 19.1 Å². The second kappa shape index (κ2) is 9.99. The summed E-state index contributed by atoms with van der Waals surface area (Å²) in [6.45, 7) is 4.96. The van der Waals surface area contributed by atoms with Crippen molar-refractivity contribution in [3.63, 3.8) is 0 Å². The van der Waals surface area contributed by atoms with Crippen LogP contribution in [0.5, 0.6) is 11.5 Å². The molecule has 2 rings (SSSR count). The minimum Gasteiger partial charge on any atom is -0.497 e. The summed E-state index contributed by atoms with van der Waals surface area (Å²) < 4.78 is 10.8. The molecule has 1 unspecified atom stereocenters. The molecule has 5 heteroatoms. The number of benzene rings is 2. The van der Waals surface area contributed by atoms with Gasteiger partial charge in [-0.25, -0.2) is 0 Å². The molecule has 2 aromatic carbocycles. The van der Waals surface area contributed by atoms with Gasteiger partial charge in [-0.05, 0) is 55.3 Å². The normalized spacial score (nSPS) is 11.6. The van der Waals surface area contributed by atoms with Crippen LogP contribution in [0.1, 0.15) is 19.4 Å². The number of rotatable bonds is 9. The average Bonchev–Trinajstić information content (AvgIpc) is 2.66. The van der Waals surface area contributed by atoms with E-state index < -0.39 is 0 Å². The number of carbonyl (C=O) groups excluding carboxylic acids is 1. The first-order valence-corrected chi connectivity index (χ1v) is 9.30. The van der Waals surface area contributed by atoms with Crippen molar-refractivity contribution in [3.8, 4) is 11.5 Å². The van der Waals surface area contributed by atoms with Crippen molar-refractivity contribution in [2.75, 3.05) is 20.3 Å². The van der Waals surface area contributed by atoms with E-state index in [2.05, 4.69) is 24.4 Å². The van der Waals surface area contributed by atoms with E-state index in [1.165, 1.54) is 17.3 Å². The molecule has 2 aromatic rings. The molecule has 0 fully saturated rings. The lowest BCUT2D eigenvalue weighted by Crippen LogP contribution is -2.33. The number of hydrogen-bond donors (Lipinski definition) is 1. The Morgan fingerprint density at radius 2 is 1.72 bits per heavy atom. The van der Waals surface area contributed by atoms with Crippen LogP contribution in [0.25, 0.3) is 0 Å². The van der Waals surface area contributed by atoms with Crippen molar-refractivity contribution in [1.29, 1.82) is 0 Å². The number of nitrogens with one attached hydrogen (secondary N) is 1. The predicted octanol–water partition coefficient (Wildman–Crippen LogP) is 3.93. The predicted molar refractivity (Wildman–Crippen MR) is 103 cm³/mol. The fraction of sp³-hybridized carbons (Fsp3) is 0.350. The SMILES string of the molecule is CCc1ccc(OCCNC(=O)C(C)Sc2ccc(OC)cc2)cc1. The smallest absolute Gasteiger partial charge is 0.233 e. The van der Waals surface area contributed by atoms with Gasteiger partial charge in [-0.15, -0.1) is 11.8 Å². The van der Waals surface area contributed by atoms with Gasteiger partial charge in [0.25, 0.3) is 0 Å². The fourth-order valence-electron chi connectivity index (χ4n) is 2.22. The topological polar surface area (TPSA) is 47.6 Å². The van der Waals surface area contributed by atoms with E-state index >= 15 is 0 Å². The van der Waals surface area contributed by atoms with E-state index in [0.717, 1.165) is 22.8 Å². The third-order valence-electron chi connectivity index (χ3n) is 3.74. The quantitative estimate of drug-likeness (QED) is 0.544. The van der Waals surface area contributed by atoms with Gasteiger partial charge in [0.05, 0.1) is 18.9 Å². The molecular weight excluding hydrogens is 334 g/mol. The minimum absolute atomic E-state index is 0.00532. The van der Waals surface area contributed by atoms with Crippen LogP contribution in [-0.4, -0.2) is 31.4 Å². The molecular formula is C20H25NO3S. The summed E-state index contributed by atoms with van der Waals surface area (Å²) in [5, 5.41) is 2.74. The maximum atomic E-state index is 12.2. The van der Waals surface area contributed by atoms with Gasteiger partial charge < -0.3 is 14.8 Å². The molecule has 0 aliphatic rings. The Morgan fingerprint density at radius 3 is 2.32 bits per heavy atom. The van der Waals surface area contributed by atoms with E-state index in [1.807, 2.05) is 43.3 Å². The van der Waals surface area contributed by atoms with E-state index in [1.54, 1.807) is 7.11 Å². The van der Waals surface area contributed by atoms with Crippen LogP contribution < -0.4 is 14.8 Å². The van der Waals surface area contributed by atoms with Crippen LogP contribution in [0.15, 0.2) is 53.4 Å². The summed E-state index contributed by atoms with van der Waals surface area (Å²) >= 11 is 1.52. The maximum Gasteiger partial charge on any atom is 0.233 e. The molecule has 0 bridgehead atoms. The monoisotopic (exact) mass is 359 g/mol. The first-order chi connectivity index (χ1) is 12.1. The van der Waals surface area contributed by atoms with E-state index in [9.17, 15) is 4.79 Å². The van der Waals surface area contributed by atoms with Gasteiger partial charge in [0.15, 0.2) is 0 Å². The standard InChI is InChI=1S/C20H25NO3S/c1-4-16-5-7-18(8-6-16)24-14-13-21-20(22)15(2)25-19-11-9-17(23-3)10-12-19/h5-12,15H,4,13-14H2,1-3H3,(H,21,22). The van der Waals surface area contributed by atoms with E-state index in [-0.39, 0.29) is 11.2 Å². The maximum absolute atomic E-state index is 12.2. The number of carbonyl (C=O) groups is 1. The largest absolute Gasteiger partial charge is 0.497 e. The summed E-state index contributed by atoms with van der Waals surface area (Å²) in [4.78, 5) is 13.2. The molecule has 0 aliphatic heterocycles. The number of aryl methyl sites for hydroxylation is 1. The van der Waals surface area contributed by atoms with Crippen molar-refractivity contribution < 1.29 is 14.3 Å². The molecule has 0 saturated heterocycles. The van der Waals surface area contributed by atoms with Gasteiger partial charge >= 0.3 is 0 Å². The molecule has 1 amide bonds. The fourth-order valence-corrected chi connectivity index (χ4v) is 3.11. The van der Waals surface area contributed by atoms with Gasteiger partial charge in [-0.2, -0.15) is 0 Å². The molecule has 0 aromatic heterocycles. The molecule has 25 heavy (non-hydrogen) atoms. The summed E-state index contributed by atoms with van der Waals surface area (Å²) in [5.41, 5.74) is 1.28. The Morgan fingerprint density at radius 1 is 1.08 bits per heavy atom. The van der Waals surface area contributed by atoms with Crippen LogP contribution in [0.4, 0.5) is 0 Å². The average molecular weight is 359 g/mol. The van der Waals surface area contributed by atoms with Crippen LogP contribution >= 0.6 is 11.8 Å². The lowest BCUT2D eigenvalue weighted by atomic mass is 10.2. The highest BCUT2D eigenvalue weighted by molar-refractivity contribution is 8.00. The molecule has 1 N–H and O–H groups in total. The van der Waals surface area contributed by atoms with Crippen LogP contribution in [-0.2, 0) is 11.2 Å². The molecule has 4 nitrogen and oxygen atoms in total. The number of hydrogen-bond acceptors (Lipinski definition) is 4. The zero-order valence-electron chi connectivity index (χ0n) is 15.0.